The Morgan fingerprint density at radius 3 is 2.78 bits per heavy atom. The smallest absolute Gasteiger partial charge is 0.173 e. The molecule has 0 fully saturated rings. The number of nitrogens with zero attached hydrogens (tertiary/aromatic N) is 1. The molecule has 98 valence electrons. The zero-order valence-electron chi connectivity index (χ0n) is 10.8. The standard InChI is InChI=1S/C13H17BrN2OS/c1-4-15-11(10-5-6-17-13(10)14)7-12-16-8(2)9(3)18-12/h5-6,11,15H,4,7H2,1-3H3. The maximum Gasteiger partial charge on any atom is 0.173 e. The van der Waals surface area contributed by atoms with Gasteiger partial charge in [0.05, 0.1) is 17.0 Å². The molecule has 0 radical (unpaired) electrons. The van der Waals surface area contributed by atoms with E-state index in [1.54, 1.807) is 17.6 Å². The van der Waals surface area contributed by atoms with Gasteiger partial charge < -0.3 is 9.73 Å². The SMILES string of the molecule is CCNC(Cc1nc(C)c(C)s1)c1ccoc1Br. The third-order valence-corrected chi connectivity index (χ3v) is 4.66. The molecule has 0 aliphatic carbocycles. The molecule has 18 heavy (non-hydrogen) atoms. The van der Waals surface area contributed by atoms with Crippen molar-refractivity contribution in [3.63, 3.8) is 0 Å². The summed E-state index contributed by atoms with van der Waals surface area (Å²) in [5.41, 5.74) is 2.29. The van der Waals surface area contributed by atoms with Crippen LogP contribution in [-0.4, -0.2) is 11.5 Å². The molecule has 2 aromatic heterocycles. The highest BCUT2D eigenvalue weighted by Gasteiger charge is 2.18. The van der Waals surface area contributed by atoms with Gasteiger partial charge in [-0.05, 0) is 42.4 Å². The highest BCUT2D eigenvalue weighted by molar-refractivity contribution is 9.10. The van der Waals surface area contributed by atoms with Gasteiger partial charge in [0.2, 0.25) is 0 Å². The lowest BCUT2D eigenvalue weighted by Crippen LogP contribution is -2.22. The summed E-state index contributed by atoms with van der Waals surface area (Å²) in [6.45, 7) is 7.21. The van der Waals surface area contributed by atoms with E-state index < -0.39 is 0 Å². The van der Waals surface area contributed by atoms with Crippen LogP contribution in [0.15, 0.2) is 21.4 Å². The number of aryl methyl sites for hydroxylation is 2. The number of furan rings is 1. The fourth-order valence-electron chi connectivity index (χ4n) is 1.89. The van der Waals surface area contributed by atoms with Gasteiger partial charge in [0.15, 0.2) is 4.67 Å². The first-order chi connectivity index (χ1) is 8.61. The molecule has 0 aliphatic heterocycles. The fourth-order valence-corrected chi connectivity index (χ4v) is 3.39. The first-order valence-corrected chi connectivity index (χ1v) is 7.62. The molecule has 0 aliphatic rings. The molecule has 0 aromatic carbocycles. The van der Waals surface area contributed by atoms with Crippen molar-refractivity contribution >= 4 is 27.3 Å². The normalized spacial score (nSPS) is 12.9. The van der Waals surface area contributed by atoms with Crippen LogP contribution in [0.5, 0.6) is 0 Å². The minimum Gasteiger partial charge on any atom is -0.457 e. The quantitative estimate of drug-likeness (QED) is 0.901. The molecule has 1 unspecified atom stereocenters. The van der Waals surface area contributed by atoms with Crippen molar-refractivity contribution < 1.29 is 4.42 Å². The van der Waals surface area contributed by atoms with Crippen LogP contribution in [0.1, 0.15) is 34.1 Å². The van der Waals surface area contributed by atoms with Crippen molar-refractivity contribution in [1.82, 2.24) is 10.3 Å². The van der Waals surface area contributed by atoms with E-state index in [0.717, 1.165) is 28.9 Å². The summed E-state index contributed by atoms with van der Waals surface area (Å²) >= 11 is 5.22. The Balaban J connectivity index is 2.19. The number of nitrogens with one attached hydrogen (secondary N) is 1. The predicted molar refractivity (Wildman–Crippen MR) is 78.1 cm³/mol. The van der Waals surface area contributed by atoms with E-state index in [1.165, 1.54) is 9.88 Å². The number of aromatic nitrogens is 1. The van der Waals surface area contributed by atoms with Crippen LogP contribution < -0.4 is 5.32 Å². The molecule has 1 N–H and O–H groups in total. The Kier molecular flexibility index (Phi) is 4.59. The maximum atomic E-state index is 5.32. The minimum atomic E-state index is 0.244. The zero-order chi connectivity index (χ0) is 13.1. The molecule has 0 spiro atoms. The zero-order valence-corrected chi connectivity index (χ0v) is 13.2. The van der Waals surface area contributed by atoms with Crippen molar-refractivity contribution in [2.45, 2.75) is 33.2 Å². The molecular formula is C13H17BrN2OS. The van der Waals surface area contributed by atoms with Crippen molar-refractivity contribution in [2.75, 3.05) is 6.54 Å². The number of likely N-dealkylation sites (N-methyl/N-ethyl adjacent to an activating group) is 1. The summed E-state index contributed by atoms with van der Waals surface area (Å²) in [5, 5.41) is 4.65. The topological polar surface area (TPSA) is 38.1 Å². The second-order valence-corrected chi connectivity index (χ2v) is 6.22. The van der Waals surface area contributed by atoms with Gasteiger partial charge >= 0.3 is 0 Å². The van der Waals surface area contributed by atoms with Crippen LogP contribution in [0.2, 0.25) is 0 Å². The molecule has 0 saturated heterocycles. The van der Waals surface area contributed by atoms with Crippen LogP contribution in [-0.2, 0) is 6.42 Å². The summed E-state index contributed by atoms with van der Waals surface area (Å²) in [6.07, 6.45) is 2.60. The number of halogens is 1. The first kappa shape index (κ1) is 13.8. The van der Waals surface area contributed by atoms with Gasteiger partial charge in [-0.3, -0.25) is 0 Å². The Labute approximate surface area is 120 Å². The largest absolute Gasteiger partial charge is 0.457 e. The van der Waals surface area contributed by atoms with E-state index in [9.17, 15) is 0 Å². The van der Waals surface area contributed by atoms with E-state index in [1.807, 2.05) is 6.07 Å². The number of hydrogen-bond donors (Lipinski definition) is 1. The lowest BCUT2D eigenvalue weighted by Gasteiger charge is -2.15. The van der Waals surface area contributed by atoms with E-state index in [4.69, 9.17) is 4.42 Å². The molecule has 2 rings (SSSR count). The molecule has 2 heterocycles. The predicted octanol–water partition coefficient (Wildman–Crippen LogP) is 4.01. The lowest BCUT2D eigenvalue weighted by atomic mass is 10.1. The van der Waals surface area contributed by atoms with Crippen molar-refractivity contribution in [3.05, 3.63) is 38.1 Å². The molecule has 0 amide bonds. The summed E-state index contributed by atoms with van der Waals surface area (Å²) in [5.74, 6) is 0. The van der Waals surface area contributed by atoms with Gasteiger partial charge in [-0.25, -0.2) is 4.98 Å². The molecule has 5 heteroatoms. The molecule has 0 bridgehead atoms. The second-order valence-electron chi connectivity index (χ2n) is 4.21. The van der Waals surface area contributed by atoms with Crippen LogP contribution in [0.3, 0.4) is 0 Å². The Hall–Kier alpha value is -0.650. The van der Waals surface area contributed by atoms with E-state index in [2.05, 4.69) is 47.0 Å². The average Bonchev–Trinajstić information content (AvgIpc) is 2.86. The van der Waals surface area contributed by atoms with Gasteiger partial charge in [-0.1, -0.05) is 6.92 Å². The van der Waals surface area contributed by atoms with Gasteiger partial charge in [-0.2, -0.15) is 0 Å². The summed E-state index contributed by atoms with van der Waals surface area (Å²) in [4.78, 5) is 5.90. The molecular weight excluding hydrogens is 312 g/mol. The minimum absolute atomic E-state index is 0.244. The molecule has 2 aromatic rings. The van der Waals surface area contributed by atoms with Gasteiger partial charge in [-0.15, -0.1) is 11.3 Å². The summed E-state index contributed by atoms with van der Waals surface area (Å²) < 4.78 is 6.12. The monoisotopic (exact) mass is 328 g/mol. The van der Waals surface area contributed by atoms with Crippen molar-refractivity contribution in [3.8, 4) is 0 Å². The summed E-state index contributed by atoms with van der Waals surface area (Å²) in [7, 11) is 0. The second kappa shape index (κ2) is 5.99. The van der Waals surface area contributed by atoms with E-state index >= 15 is 0 Å². The number of hydrogen-bond acceptors (Lipinski definition) is 4. The van der Waals surface area contributed by atoms with E-state index in [0.29, 0.717) is 0 Å². The number of thiazole rings is 1. The van der Waals surface area contributed by atoms with Crippen LogP contribution in [0.25, 0.3) is 0 Å². The molecule has 1 atom stereocenters. The lowest BCUT2D eigenvalue weighted by molar-refractivity contribution is 0.506. The average molecular weight is 329 g/mol. The van der Waals surface area contributed by atoms with Crippen molar-refractivity contribution in [2.24, 2.45) is 0 Å². The van der Waals surface area contributed by atoms with Crippen molar-refractivity contribution in [1.29, 1.82) is 0 Å². The Morgan fingerprint density at radius 2 is 2.28 bits per heavy atom. The Morgan fingerprint density at radius 1 is 1.50 bits per heavy atom. The van der Waals surface area contributed by atoms with Crippen LogP contribution in [0.4, 0.5) is 0 Å². The third-order valence-electron chi connectivity index (χ3n) is 2.92. The van der Waals surface area contributed by atoms with Crippen LogP contribution in [0, 0.1) is 13.8 Å². The van der Waals surface area contributed by atoms with Gasteiger partial charge in [0, 0.05) is 22.9 Å². The third kappa shape index (κ3) is 3.02. The summed E-state index contributed by atoms with van der Waals surface area (Å²) in [6, 6.07) is 2.25. The van der Waals surface area contributed by atoms with E-state index in [-0.39, 0.29) is 6.04 Å². The molecule has 3 nitrogen and oxygen atoms in total. The van der Waals surface area contributed by atoms with Gasteiger partial charge in [0.25, 0.3) is 0 Å². The Bertz CT molecular complexity index is 501. The highest BCUT2D eigenvalue weighted by Crippen LogP contribution is 2.29. The fraction of sp³-hybridized carbons (Fsp3) is 0.462. The van der Waals surface area contributed by atoms with Crippen LogP contribution >= 0.6 is 27.3 Å². The maximum absolute atomic E-state index is 5.32. The molecule has 0 saturated carbocycles. The number of rotatable bonds is 5. The highest BCUT2D eigenvalue weighted by atomic mass is 79.9. The first-order valence-electron chi connectivity index (χ1n) is 6.01. The van der Waals surface area contributed by atoms with Gasteiger partial charge in [0.1, 0.15) is 0 Å².